The average Bonchev–Trinajstić information content (AvgIpc) is 3.31. The van der Waals surface area contributed by atoms with E-state index in [1.807, 2.05) is 20.9 Å². The minimum atomic E-state index is -0.312. The number of carbonyl (C=O) groups is 2. The Morgan fingerprint density at radius 2 is 2.00 bits per heavy atom. The van der Waals surface area contributed by atoms with E-state index in [9.17, 15) is 14.7 Å². The number of phenolic OH excluding ortho intramolecular Hbond substituents is 1. The lowest BCUT2D eigenvalue weighted by atomic mass is 10.1. The number of carbonyl (C=O) groups excluding carboxylic acids is 2. The van der Waals surface area contributed by atoms with Crippen LogP contribution in [-0.4, -0.2) is 62.9 Å². The maximum atomic E-state index is 12.8. The molecule has 0 saturated heterocycles. The molecule has 1 aliphatic rings. The highest BCUT2D eigenvalue weighted by molar-refractivity contribution is 7.17. The largest absolute Gasteiger partial charge is 0.508 e. The van der Waals surface area contributed by atoms with E-state index in [0.29, 0.717) is 33.7 Å². The Balaban J connectivity index is 1.40. The van der Waals surface area contributed by atoms with Crippen molar-refractivity contribution in [1.82, 2.24) is 19.7 Å². The number of benzene rings is 1. The number of phenols is 1. The van der Waals surface area contributed by atoms with Gasteiger partial charge in [-0.2, -0.15) is 5.10 Å². The Morgan fingerprint density at radius 1 is 1.26 bits per heavy atom. The maximum absolute atomic E-state index is 12.8. The van der Waals surface area contributed by atoms with Crippen LogP contribution >= 0.6 is 11.3 Å². The molecule has 0 unspecified atom stereocenters. The molecule has 2 heterocycles. The van der Waals surface area contributed by atoms with E-state index in [4.69, 9.17) is 4.74 Å². The van der Waals surface area contributed by atoms with Gasteiger partial charge in [0.2, 0.25) is 5.91 Å². The molecule has 2 amide bonds. The van der Waals surface area contributed by atoms with Crippen LogP contribution < -0.4 is 10.6 Å². The topological polar surface area (TPSA) is 122 Å². The average molecular weight is 499 g/mol. The molecular formula is C24H30N6O4S. The number of anilines is 3. The van der Waals surface area contributed by atoms with Crippen LogP contribution in [0.4, 0.5) is 16.6 Å². The van der Waals surface area contributed by atoms with Gasteiger partial charge in [-0.25, -0.2) is 4.98 Å². The monoisotopic (exact) mass is 498 g/mol. The van der Waals surface area contributed by atoms with E-state index in [2.05, 4.69) is 20.7 Å². The number of likely N-dealkylation sites (N-methyl/N-ethyl adjacent to an activating group) is 1. The van der Waals surface area contributed by atoms with Gasteiger partial charge in [0.25, 0.3) is 5.91 Å². The Bertz CT molecular complexity index is 1260. The predicted molar refractivity (Wildman–Crippen MR) is 135 cm³/mol. The van der Waals surface area contributed by atoms with E-state index < -0.39 is 0 Å². The van der Waals surface area contributed by atoms with Crippen molar-refractivity contribution in [3.05, 3.63) is 46.1 Å². The van der Waals surface area contributed by atoms with Gasteiger partial charge in [0.1, 0.15) is 17.2 Å². The van der Waals surface area contributed by atoms with Gasteiger partial charge in [-0.05, 0) is 45.2 Å². The first-order valence-electron chi connectivity index (χ1n) is 11.3. The zero-order valence-corrected chi connectivity index (χ0v) is 21.3. The number of aromatic hydroxyl groups is 1. The highest BCUT2D eigenvalue weighted by Gasteiger charge is 2.48. The van der Waals surface area contributed by atoms with Crippen molar-refractivity contribution in [2.45, 2.75) is 45.7 Å². The van der Waals surface area contributed by atoms with Gasteiger partial charge in [-0.1, -0.05) is 17.4 Å². The first kappa shape index (κ1) is 24.7. The van der Waals surface area contributed by atoms with E-state index in [1.165, 1.54) is 17.5 Å². The molecule has 186 valence electrons. The normalized spacial score (nSPS) is 14.0. The molecule has 0 atom stereocenters. The fraction of sp³-hybridized carbons (Fsp3) is 0.417. The van der Waals surface area contributed by atoms with E-state index in [-0.39, 0.29) is 29.6 Å². The van der Waals surface area contributed by atoms with Crippen LogP contribution in [0.3, 0.4) is 0 Å². The van der Waals surface area contributed by atoms with Crippen LogP contribution in [-0.2, 0) is 16.1 Å². The van der Waals surface area contributed by atoms with Crippen molar-refractivity contribution in [2.75, 3.05) is 31.4 Å². The van der Waals surface area contributed by atoms with E-state index in [0.717, 1.165) is 24.0 Å². The summed E-state index contributed by atoms with van der Waals surface area (Å²) in [7, 11) is 3.46. The van der Waals surface area contributed by atoms with Crippen molar-refractivity contribution in [2.24, 2.45) is 0 Å². The van der Waals surface area contributed by atoms with Crippen LogP contribution in [0.5, 0.6) is 5.75 Å². The molecule has 4 rings (SSSR count). The molecule has 0 bridgehead atoms. The summed E-state index contributed by atoms with van der Waals surface area (Å²) in [5.41, 5.74) is 2.71. The zero-order valence-electron chi connectivity index (χ0n) is 20.5. The number of hydrogen-bond donors (Lipinski definition) is 3. The molecule has 3 N–H and O–H groups in total. The Hall–Kier alpha value is -3.44. The summed E-state index contributed by atoms with van der Waals surface area (Å²) in [5.74, 6) is 0.353. The number of hydrogen-bond acceptors (Lipinski definition) is 8. The number of nitrogens with one attached hydrogen (secondary N) is 2. The van der Waals surface area contributed by atoms with Gasteiger partial charge >= 0.3 is 0 Å². The summed E-state index contributed by atoms with van der Waals surface area (Å²) in [6, 6.07) is 3.35. The van der Waals surface area contributed by atoms with Crippen molar-refractivity contribution in [1.29, 1.82) is 0 Å². The summed E-state index contributed by atoms with van der Waals surface area (Å²) in [5, 5.41) is 20.9. The van der Waals surface area contributed by atoms with Gasteiger partial charge in [-0.15, -0.1) is 0 Å². The fourth-order valence-corrected chi connectivity index (χ4v) is 4.68. The fourth-order valence-electron chi connectivity index (χ4n) is 3.97. The zero-order chi connectivity index (χ0) is 25.3. The SMILES string of the molecule is COCC1(N(C)C(=O)Cn2cc(C)c(Nc3ncc(C(=O)Nc4c(C)ccc(O)c4C)s3)n2)CC1. The maximum Gasteiger partial charge on any atom is 0.267 e. The number of thiazole rings is 1. The molecule has 3 aromatic rings. The Kier molecular flexibility index (Phi) is 6.82. The second kappa shape index (κ2) is 9.67. The molecular weight excluding hydrogens is 468 g/mol. The standard InChI is InChI=1S/C24H30N6O4S/c1-14-6-7-17(31)16(3)20(14)26-22(33)18-10-25-23(35-18)27-21-15(2)11-30(28-21)12-19(32)29(4)24(8-9-24)13-34-5/h6-7,10-11,31H,8-9,12-13H2,1-5H3,(H,26,33)(H,25,27,28). The Morgan fingerprint density at radius 3 is 2.69 bits per heavy atom. The lowest BCUT2D eigenvalue weighted by Crippen LogP contribution is -2.43. The first-order chi connectivity index (χ1) is 16.6. The molecule has 35 heavy (non-hydrogen) atoms. The van der Waals surface area contributed by atoms with Crippen LogP contribution in [0.25, 0.3) is 0 Å². The summed E-state index contributed by atoms with van der Waals surface area (Å²) in [6.45, 7) is 6.16. The number of ether oxygens (including phenoxy) is 1. The molecule has 1 aliphatic carbocycles. The van der Waals surface area contributed by atoms with Gasteiger partial charge < -0.3 is 25.4 Å². The van der Waals surface area contributed by atoms with Gasteiger partial charge in [-0.3, -0.25) is 14.3 Å². The van der Waals surface area contributed by atoms with Crippen molar-refractivity contribution in [3.63, 3.8) is 0 Å². The smallest absolute Gasteiger partial charge is 0.267 e. The van der Waals surface area contributed by atoms with E-state index in [1.54, 1.807) is 41.9 Å². The molecule has 11 heteroatoms. The van der Waals surface area contributed by atoms with Gasteiger partial charge in [0.05, 0.1) is 24.0 Å². The minimum absolute atomic E-state index is 0.0284. The quantitative estimate of drug-likeness (QED) is 0.412. The number of aromatic nitrogens is 3. The lowest BCUT2D eigenvalue weighted by molar-refractivity contribution is -0.134. The first-order valence-corrected chi connectivity index (χ1v) is 12.1. The number of rotatable bonds is 9. The van der Waals surface area contributed by atoms with Crippen LogP contribution in [0.2, 0.25) is 0 Å². The third-order valence-corrected chi connectivity index (χ3v) is 7.32. The molecule has 10 nitrogen and oxygen atoms in total. The lowest BCUT2D eigenvalue weighted by Gasteiger charge is -2.27. The van der Waals surface area contributed by atoms with E-state index >= 15 is 0 Å². The molecule has 1 fully saturated rings. The van der Waals surface area contributed by atoms with Gasteiger partial charge in [0.15, 0.2) is 10.9 Å². The number of nitrogens with zero attached hydrogens (tertiary/aromatic N) is 4. The van der Waals surface area contributed by atoms with Crippen molar-refractivity contribution in [3.8, 4) is 5.75 Å². The van der Waals surface area contributed by atoms with Crippen molar-refractivity contribution >= 4 is 39.8 Å². The predicted octanol–water partition coefficient (Wildman–Crippen LogP) is 3.60. The molecule has 1 aromatic carbocycles. The van der Waals surface area contributed by atoms with Gasteiger partial charge in [0, 0.05) is 31.5 Å². The third kappa shape index (κ3) is 5.15. The number of aryl methyl sites for hydroxylation is 2. The summed E-state index contributed by atoms with van der Waals surface area (Å²) < 4.78 is 6.88. The van der Waals surface area contributed by atoms with Crippen LogP contribution in [0.15, 0.2) is 24.5 Å². The summed E-state index contributed by atoms with van der Waals surface area (Å²) >= 11 is 1.19. The third-order valence-electron chi connectivity index (χ3n) is 6.41. The second-order valence-corrected chi connectivity index (χ2v) is 10.0. The minimum Gasteiger partial charge on any atom is -0.508 e. The Labute approximate surface area is 207 Å². The van der Waals surface area contributed by atoms with Crippen molar-refractivity contribution < 1.29 is 19.4 Å². The highest BCUT2D eigenvalue weighted by Crippen LogP contribution is 2.41. The summed E-state index contributed by atoms with van der Waals surface area (Å²) in [4.78, 5) is 32.0. The molecule has 2 aromatic heterocycles. The summed E-state index contributed by atoms with van der Waals surface area (Å²) in [6.07, 6.45) is 5.18. The second-order valence-electron chi connectivity index (χ2n) is 8.98. The van der Waals surface area contributed by atoms with Crippen LogP contribution in [0, 0.1) is 20.8 Å². The number of amides is 2. The highest BCUT2D eigenvalue weighted by atomic mass is 32.1. The molecule has 0 spiro atoms. The molecule has 1 saturated carbocycles. The van der Waals surface area contributed by atoms with Crippen LogP contribution in [0.1, 0.15) is 39.2 Å². The number of methoxy groups -OCH3 is 1. The molecule has 0 radical (unpaired) electrons. The molecule has 0 aliphatic heterocycles.